The molecule has 2 aromatic rings. The van der Waals surface area contributed by atoms with Crippen molar-refractivity contribution in [2.75, 3.05) is 18.2 Å². The van der Waals surface area contributed by atoms with Crippen LogP contribution in [0.2, 0.25) is 0 Å². The summed E-state index contributed by atoms with van der Waals surface area (Å²) in [5.74, 6) is 0. The van der Waals surface area contributed by atoms with E-state index in [9.17, 15) is 4.21 Å². The van der Waals surface area contributed by atoms with E-state index in [-0.39, 0.29) is 0 Å². The molecule has 0 bridgehead atoms. The molecule has 0 aromatic carbocycles. The van der Waals surface area contributed by atoms with E-state index in [2.05, 4.69) is 13.5 Å². The van der Waals surface area contributed by atoms with Crippen LogP contribution < -0.4 is 5.73 Å². The third-order valence-corrected chi connectivity index (χ3v) is 4.56. The lowest BCUT2D eigenvalue weighted by Crippen LogP contribution is -2.22. The third-order valence-electron chi connectivity index (χ3n) is 2.44. The molecule has 0 spiro atoms. The minimum absolute atomic E-state index is 0.469. The highest BCUT2D eigenvalue weighted by Gasteiger charge is 2.29. The maximum absolute atomic E-state index is 12.5. The lowest BCUT2D eigenvalue weighted by Gasteiger charge is -2.25. The Hall–Kier alpha value is -0.930. The summed E-state index contributed by atoms with van der Waals surface area (Å²) in [5, 5.41) is 4.79. The fourth-order valence-electron chi connectivity index (χ4n) is 1.73. The first-order valence-electron chi connectivity index (χ1n) is 4.82. The number of rotatable bonds is 1. The number of nitrogens with two attached hydrogens (primary N) is 1. The first-order chi connectivity index (χ1) is 7.17. The summed E-state index contributed by atoms with van der Waals surface area (Å²) in [5.41, 5.74) is 8.41. The summed E-state index contributed by atoms with van der Waals surface area (Å²) >= 11 is 0. The lowest BCUT2D eigenvalue weighted by atomic mass is 10.2. The maximum Gasteiger partial charge on any atom is 0.154 e. The van der Waals surface area contributed by atoms with Gasteiger partial charge in [0.25, 0.3) is 0 Å². The van der Waals surface area contributed by atoms with Gasteiger partial charge >= 0.3 is 0 Å². The van der Waals surface area contributed by atoms with Gasteiger partial charge in [-0.05, 0) is 27.2 Å². The van der Waals surface area contributed by atoms with Crippen LogP contribution in [0.5, 0.6) is 0 Å². The Bertz CT molecular complexity index is 630. The largest absolute Gasteiger partial charge is 0.395 e. The Kier molecular flexibility index (Phi) is 2.20. The van der Waals surface area contributed by atoms with Crippen LogP contribution in [-0.4, -0.2) is 26.3 Å². The molecule has 6 heteroatoms. The molecule has 0 aliphatic carbocycles. The molecule has 88 valence electrons. The predicted octanol–water partition coefficient (Wildman–Crippen LogP) is 1.45. The number of fused-ring (bicyclic) bond motifs is 1. The molecule has 0 aliphatic rings. The molecule has 0 amide bonds. The minimum Gasteiger partial charge on any atom is -0.395 e. The van der Waals surface area contributed by atoms with E-state index in [0.29, 0.717) is 10.7 Å². The molecule has 2 rings (SSSR count). The molecular weight excluding hydrogens is 241 g/mol. The van der Waals surface area contributed by atoms with Crippen LogP contribution in [0.25, 0.3) is 5.52 Å². The number of aryl methyl sites for hydroxylation is 1. The molecule has 16 heavy (non-hydrogen) atoms. The number of nitrogen functional groups attached to an aromatic ring is 1. The van der Waals surface area contributed by atoms with Crippen molar-refractivity contribution in [2.45, 2.75) is 11.9 Å². The molecule has 0 saturated carbocycles. The molecule has 1 atom stereocenters. The Morgan fingerprint density at radius 1 is 1.50 bits per heavy atom. The molecule has 1 unspecified atom stereocenters. The van der Waals surface area contributed by atoms with Crippen molar-refractivity contribution in [2.24, 2.45) is 0 Å². The van der Waals surface area contributed by atoms with Crippen LogP contribution in [0.1, 0.15) is 5.56 Å². The van der Waals surface area contributed by atoms with Crippen molar-refractivity contribution in [1.29, 1.82) is 0 Å². The summed E-state index contributed by atoms with van der Waals surface area (Å²) in [6.45, 7) is 1.96. The molecule has 2 heterocycles. The average Bonchev–Trinajstić information content (AvgIpc) is 2.43. The summed E-state index contributed by atoms with van der Waals surface area (Å²) in [4.78, 5) is 0. The number of hydrogen-bond acceptors (Lipinski definition) is 3. The van der Waals surface area contributed by atoms with Gasteiger partial charge < -0.3 is 5.73 Å². The van der Waals surface area contributed by atoms with Crippen LogP contribution in [-0.2, 0) is 8.69 Å². The first kappa shape index (κ1) is 11.6. The highest BCUT2D eigenvalue weighted by Crippen LogP contribution is 2.41. The van der Waals surface area contributed by atoms with E-state index in [1.807, 2.05) is 25.3 Å². The first-order valence-corrected chi connectivity index (χ1v) is 9.08. The van der Waals surface area contributed by atoms with E-state index in [1.54, 1.807) is 17.0 Å². The average molecular weight is 257 g/mol. The molecule has 0 radical (unpaired) electrons. The van der Waals surface area contributed by atoms with Crippen LogP contribution >= 0.6 is 8.44 Å². The van der Waals surface area contributed by atoms with Crippen molar-refractivity contribution in [3.8, 4) is 0 Å². The van der Waals surface area contributed by atoms with E-state index < -0.39 is 8.69 Å². The maximum atomic E-state index is 12.5. The van der Waals surface area contributed by atoms with Crippen molar-refractivity contribution in [3.05, 3.63) is 23.9 Å². The quantitative estimate of drug-likeness (QED) is 0.787. The van der Waals surface area contributed by atoms with Crippen LogP contribution in [0.4, 0.5) is 5.69 Å². The standard InChI is InChI=1S/C10H16N3OPS/c1-7-5-4-6-13-9(7)8(11)10(12-13)16(2,3,14)15/h4-6H,11,15H2,1-3H3. The van der Waals surface area contributed by atoms with Gasteiger partial charge in [-0.1, -0.05) is 14.5 Å². The summed E-state index contributed by atoms with van der Waals surface area (Å²) in [6, 6.07) is 3.85. The SMILES string of the molecule is Cc1cccn2nc(S(C)(C)(=O)P)c(N)c12. The van der Waals surface area contributed by atoms with Gasteiger partial charge in [0.1, 0.15) is 0 Å². The molecule has 2 N–H and O–H groups in total. The van der Waals surface area contributed by atoms with Gasteiger partial charge in [0.2, 0.25) is 0 Å². The monoisotopic (exact) mass is 257 g/mol. The second kappa shape index (κ2) is 3.05. The topological polar surface area (TPSA) is 60.4 Å². The lowest BCUT2D eigenvalue weighted by molar-refractivity contribution is 0.671. The summed E-state index contributed by atoms with van der Waals surface area (Å²) in [7, 11) is -0.606. The van der Waals surface area contributed by atoms with Crippen molar-refractivity contribution >= 4 is 28.3 Å². The fourth-order valence-corrected chi connectivity index (χ4v) is 3.33. The summed E-state index contributed by atoms with van der Waals surface area (Å²) in [6.07, 6.45) is 5.14. The molecule has 2 aromatic heterocycles. The van der Waals surface area contributed by atoms with E-state index in [4.69, 9.17) is 5.73 Å². The third kappa shape index (κ3) is 1.74. The minimum atomic E-state index is -2.99. The number of hydrogen-bond donors (Lipinski definition) is 1. The van der Waals surface area contributed by atoms with Crippen molar-refractivity contribution in [1.82, 2.24) is 9.61 Å². The van der Waals surface area contributed by atoms with Crippen molar-refractivity contribution in [3.63, 3.8) is 0 Å². The zero-order valence-electron chi connectivity index (χ0n) is 9.60. The van der Waals surface area contributed by atoms with Gasteiger partial charge in [-0.15, -0.1) is 0 Å². The van der Waals surface area contributed by atoms with Gasteiger partial charge in [-0.3, -0.25) is 4.21 Å². The number of nitrogens with zero attached hydrogens (tertiary/aromatic N) is 2. The predicted molar refractivity (Wildman–Crippen MR) is 72.3 cm³/mol. The van der Waals surface area contributed by atoms with Crippen LogP contribution in [0.3, 0.4) is 0 Å². The van der Waals surface area contributed by atoms with Gasteiger partial charge in [-0.2, -0.15) is 5.10 Å². The number of pyridine rings is 1. The molecule has 0 aliphatic heterocycles. The van der Waals surface area contributed by atoms with Gasteiger partial charge in [0, 0.05) is 18.7 Å². The number of anilines is 1. The Balaban J connectivity index is 2.92. The van der Waals surface area contributed by atoms with Gasteiger partial charge in [-0.25, -0.2) is 4.52 Å². The van der Waals surface area contributed by atoms with E-state index >= 15 is 0 Å². The highest BCUT2D eigenvalue weighted by atomic mass is 32.8. The number of aromatic nitrogens is 2. The second-order valence-electron chi connectivity index (χ2n) is 4.62. The second-order valence-corrected chi connectivity index (χ2v) is 13.0. The Labute approximate surface area is 96.6 Å². The van der Waals surface area contributed by atoms with Gasteiger partial charge in [0.05, 0.1) is 11.2 Å². The molecular formula is C10H16N3OPS. The van der Waals surface area contributed by atoms with Crippen molar-refractivity contribution < 1.29 is 4.21 Å². The van der Waals surface area contributed by atoms with E-state index in [0.717, 1.165) is 11.1 Å². The van der Waals surface area contributed by atoms with Gasteiger partial charge in [0.15, 0.2) is 5.03 Å². The molecule has 0 fully saturated rings. The summed E-state index contributed by atoms with van der Waals surface area (Å²) < 4.78 is 14.2. The van der Waals surface area contributed by atoms with E-state index in [1.165, 1.54) is 0 Å². The Morgan fingerprint density at radius 3 is 2.62 bits per heavy atom. The highest BCUT2D eigenvalue weighted by molar-refractivity contribution is 8.56. The van der Waals surface area contributed by atoms with Crippen LogP contribution in [0, 0.1) is 6.92 Å². The molecule has 4 nitrogen and oxygen atoms in total. The zero-order valence-corrected chi connectivity index (χ0v) is 11.6. The van der Waals surface area contributed by atoms with Crippen LogP contribution in [0.15, 0.2) is 23.4 Å². The normalized spacial score (nSPS) is 14.9. The Morgan fingerprint density at radius 2 is 2.12 bits per heavy atom. The zero-order chi connectivity index (χ0) is 12.2. The molecule has 0 saturated heterocycles. The fraction of sp³-hybridized carbons (Fsp3) is 0.300. The smallest absolute Gasteiger partial charge is 0.154 e.